The number of thiazole rings is 1. The first-order valence-electron chi connectivity index (χ1n) is 21.8. The SMILES string of the molecule is C=C[C@@H]1C[C@]1(CC(=O)[C@@H]1C[C@@H](Oc2cc(-c3csc(NC(C)C)n3)nc3cc(OC)ccc23)CN1C(=O)[C@@H](CC(=O)OC1CCCC1)C(C)(C)C)C(=O)NS(=O)(=O)OCC(C)(C)C. The van der Waals surface area contributed by atoms with Crippen molar-refractivity contribution in [1.82, 2.24) is 19.6 Å². The van der Waals surface area contributed by atoms with E-state index in [0.717, 1.165) is 30.8 Å². The number of ether oxygens (including phenoxy) is 3. The molecule has 2 saturated carbocycles. The van der Waals surface area contributed by atoms with E-state index in [1.54, 1.807) is 46.1 Å². The van der Waals surface area contributed by atoms with Crippen LogP contribution in [0.3, 0.4) is 0 Å². The molecule has 15 nitrogen and oxygen atoms in total. The van der Waals surface area contributed by atoms with Gasteiger partial charge in [0, 0.05) is 41.8 Å². The predicted molar refractivity (Wildman–Crippen MR) is 241 cm³/mol. The van der Waals surface area contributed by atoms with Crippen molar-refractivity contribution in [2.45, 2.75) is 131 Å². The van der Waals surface area contributed by atoms with Crippen LogP contribution < -0.4 is 19.5 Å². The Morgan fingerprint density at radius 2 is 1.75 bits per heavy atom. The quantitative estimate of drug-likeness (QED) is 0.0935. The summed E-state index contributed by atoms with van der Waals surface area (Å²) in [4.78, 5) is 68.1. The molecule has 63 heavy (non-hydrogen) atoms. The highest BCUT2D eigenvalue weighted by Gasteiger charge is 2.61. The number of likely N-dealkylation sites (tertiary alicyclic amines) is 1. The van der Waals surface area contributed by atoms with Crippen molar-refractivity contribution < 1.29 is 46.0 Å². The summed E-state index contributed by atoms with van der Waals surface area (Å²) >= 11 is 1.45. The topological polar surface area (TPSA) is 192 Å². The van der Waals surface area contributed by atoms with E-state index in [4.69, 9.17) is 28.4 Å². The Hall–Kier alpha value is -4.61. The molecule has 1 aliphatic heterocycles. The summed E-state index contributed by atoms with van der Waals surface area (Å²) in [7, 11) is -2.93. The molecule has 344 valence electrons. The molecule has 0 unspecified atom stereocenters. The van der Waals surface area contributed by atoms with Crippen LogP contribution in [0.25, 0.3) is 22.3 Å². The molecule has 3 aliphatic rings. The van der Waals surface area contributed by atoms with Gasteiger partial charge >= 0.3 is 16.3 Å². The molecule has 6 rings (SSSR count). The van der Waals surface area contributed by atoms with Crippen molar-refractivity contribution in [3.63, 3.8) is 0 Å². The van der Waals surface area contributed by atoms with Crippen LogP contribution in [0, 0.1) is 28.1 Å². The van der Waals surface area contributed by atoms with Gasteiger partial charge in [0.15, 0.2) is 10.9 Å². The number of Topliss-reactive ketones (excluding diaryl/α,β-unsaturated/α-hetero) is 1. The molecule has 5 atom stereocenters. The van der Waals surface area contributed by atoms with Gasteiger partial charge in [-0.25, -0.2) is 14.7 Å². The fourth-order valence-electron chi connectivity index (χ4n) is 8.33. The number of fused-ring (bicyclic) bond motifs is 1. The van der Waals surface area contributed by atoms with Gasteiger partial charge in [-0.2, -0.15) is 8.42 Å². The lowest BCUT2D eigenvalue weighted by atomic mass is 9.77. The third-order valence-corrected chi connectivity index (χ3v) is 13.5. The van der Waals surface area contributed by atoms with E-state index in [9.17, 15) is 27.6 Å². The number of nitrogens with one attached hydrogen (secondary N) is 2. The number of hydrogen-bond acceptors (Lipinski definition) is 14. The van der Waals surface area contributed by atoms with E-state index in [2.05, 4.69) is 11.9 Å². The summed E-state index contributed by atoms with van der Waals surface area (Å²) in [6.45, 7) is 18.7. The van der Waals surface area contributed by atoms with Crippen LogP contribution in [-0.4, -0.2) is 91.4 Å². The largest absolute Gasteiger partial charge is 0.497 e. The zero-order valence-electron chi connectivity index (χ0n) is 37.9. The number of ketones is 1. The Morgan fingerprint density at radius 1 is 1.03 bits per heavy atom. The normalized spacial score (nSPS) is 22.2. The molecule has 2 N–H and O–H groups in total. The molecule has 2 aromatic heterocycles. The van der Waals surface area contributed by atoms with Crippen LogP contribution in [0.15, 0.2) is 42.3 Å². The van der Waals surface area contributed by atoms with Gasteiger partial charge in [-0.15, -0.1) is 17.9 Å². The van der Waals surface area contributed by atoms with Gasteiger partial charge in [-0.05, 0) is 74.8 Å². The minimum absolute atomic E-state index is 0.00688. The molecule has 1 aromatic carbocycles. The fourth-order valence-corrected chi connectivity index (χ4v) is 10.2. The zero-order chi connectivity index (χ0) is 46.1. The molecule has 0 radical (unpaired) electrons. The number of methoxy groups -OCH3 is 1. The molecule has 17 heteroatoms. The Labute approximate surface area is 375 Å². The number of carbonyl (C=O) groups excluding carboxylic acids is 4. The lowest BCUT2D eigenvalue weighted by Gasteiger charge is -2.35. The van der Waals surface area contributed by atoms with Gasteiger partial charge in [0.1, 0.15) is 29.4 Å². The lowest BCUT2D eigenvalue weighted by molar-refractivity contribution is -0.156. The summed E-state index contributed by atoms with van der Waals surface area (Å²) in [5.41, 5.74) is -0.885. The van der Waals surface area contributed by atoms with E-state index >= 15 is 0 Å². The van der Waals surface area contributed by atoms with Crippen LogP contribution in [-0.2, 0) is 38.4 Å². The van der Waals surface area contributed by atoms with Crippen molar-refractivity contribution >= 4 is 61.2 Å². The van der Waals surface area contributed by atoms with E-state index in [-0.39, 0.29) is 51.0 Å². The average molecular weight is 910 g/mol. The van der Waals surface area contributed by atoms with E-state index in [0.29, 0.717) is 33.8 Å². The minimum Gasteiger partial charge on any atom is -0.497 e. The number of anilines is 1. The lowest BCUT2D eigenvalue weighted by Crippen LogP contribution is -2.48. The van der Waals surface area contributed by atoms with Crippen LogP contribution in [0.2, 0.25) is 0 Å². The Bertz CT molecular complexity index is 2310. The maximum absolute atomic E-state index is 14.9. The molecular formula is C46H63N5O10S2. The minimum atomic E-state index is -4.50. The molecule has 3 fully saturated rings. The maximum Gasteiger partial charge on any atom is 0.362 e. The molecule has 3 aromatic rings. The summed E-state index contributed by atoms with van der Waals surface area (Å²) in [5.74, 6) is -2.52. The van der Waals surface area contributed by atoms with Crippen LogP contribution in [0.5, 0.6) is 11.5 Å². The highest BCUT2D eigenvalue weighted by atomic mass is 32.2. The number of aromatic nitrogens is 2. The Morgan fingerprint density at radius 3 is 2.37 bits per heavy atom. The first-order valence-corrected chi connectivity index (χ1v) is 24.0. The summed E-state index contributed by atoms with van der Waals surface area (Å²) in [6.07, 6.45) is 3.85. The molecule has 1 saturated heterocycles. The second-order valence-electron chi connectivity index (χ2n) is 19.8. The summed E-state index contributed by atoms with van der Waals surface area (Å²) in [5, 5.41) is 6.63. The Kier molecular flexibility index (Phi) is 14.3. The van der Waals surface area contributed by atoms with Gasteiger partial charge < -0.3 is 24.4 Å². The number of nitrogens with zero attached hydrogens (tertiary/aromatic N) is 3. The third kappa shape index (κ3) is 11.8. The number of hydrogen-bond donors (Lipinski definition) is 2. The summed E-state index contributed by atoms with van der Waals surface area (Å²) < 4.78 is 51.1. The van der Waals surface area contributed by atoms with E-state index < -0.39 is 74.1 Å². The number of amides is 2. The summed E-state index contributed by atoms with van der Waals surface area (Å²) in [6, 6.07) is 6.32. The third-order valence-electron chi connectivity index (χ3n) is 11.9. The van der Waals surface area contributed by atoms with Gasteiger partial charge in [0.05, 0.1) is 55.3 Å². The molecule has 3 heterocycles. The van der Waals surface area contributed by atoms with Crippen molar-refractivity contribution in [1.29, 1.82) is 0 Å². The first kappa shape index (κ1) is 47.9. The number of pyridine rings is 1. The van der Waals surface area contributed by atoms with Crippen LogP contribution in [0.1, 0.15) is 107 Å². The van der Waals surface area contributed by atoms with Crippen molar-refractivity contribution in [2.75, 3.05) is 25.6 Å². The van der Waals surface area contributed by atoms with E-state index in [1.165, 1.54) is 22.3 Å². The van der Waals surface area contributed by atoms with E-state index in [1.807, 2.05) is 50.8 Å². The number of allylic oxidation sites excluding steroid dienone is 1. The van der Waals surface area contributed by atoms with Gasteiger partial charge in [0.25, 0.3) is 0 Å². The standard InChI is InChI=1S/C46H63N5O10S2/c1-11-28-22-46(28,42(55)50-63(56,57)59-26-44(4,5)6)23-38(52)37-19-31(24-51(37)41(54)33(45(7,8)9)20-40(53)61-29-14-12-13-15-29)60-39-21-35(36-25-62-43(49-36)47-27(2)3)48-34-18-30(58-10)16-17-32(34)39/h11,16-18,21,25,27-29,31,33,37H,1,12-15,19-20,22-24,26H2,2-10H3,(H,47,49)(H,50,55)/t28-,31-,33-,37+,46-/m1/s1. The number of benzene rings is 1. The van der Waals surface area contributed by atoms with Crippen molar-refractivity contribution in [3.8, 4) is 22.9 Å². The Balaban J connectivity index is 1.33. The molecule has 2 amide bonds. The monoisotopic (exact) mass is 909 g/mol. The number of rotatable bonds is 18. The maximum atomic E-state index is 14.9. The fraction of sp³-hybridized carbons (Fsp3) is 0.609. The number of carbonyl (C=O) groups is 4. The average Bonchev–Trinajstić information content (AvgIpc) is 3.61. The highest BCUT2D eigenvalue weighted by Crippen LogP contribution is 2.57. The van der Waals surface area contributed by atoms with Crippen LogP contribution in [0.4, 0.5) is 5.13 Å². The second-order valence-corrected chi connectivity index (χ2v) is 22.0. The van der Waals surface area contributed by atoms with Gasteiger partial charge in [-0.3, -0.25) is 23.4 Å². The predicted octanol–water partition coefficient (Wildman–Crippen LogP) is 7.65. The molecular weight excluding hydrogens is 847 g/mol. The van der Waals surface area contributed by atoms with Crippen LogP contribution >= 0.6 is 11.3 Å². The second kappa shape index (κ2) is 18.9. The van der Waals surface area contributed by atoms with Crippen molar-refractivity contribution in [2.24, 2.45) is 28.1 Å². The smallest absolute Gasteiger partial charge is 0.362 e. The van der Waals surface area contributed by atoms with Gasteiger partial charge in [-0.1, -0.05) is 47.6 Å². The highest BCUT2D eigenvalue weighted by molar-refractivity contribution is 7.85. The zero-order valence-corrected chi connectivity index (χ0v) is 39.6. The number of esters is 1. The van der Waals surface area contributed by atoms with Crippen molar-refractivity contribution in [3.05, 3.63) is 42.3 Å². The van der Waals surface area contributed by atoms with Gasteiger partial charge in [0.2, 0.25) is 11.8 Å². The molecule has 0 bridgehead atoms. The molecule has 2 aliphatic carbocycles. The first-order chi connectivity index (χ1) is 29.5. The molecule has 0 spiro atoms.